The molecule has 0 saturated carbocycles. The van der Waals surface area contributed by atoms with Gasteiger partial charge >= 0.3 is 10.4 Å². The van der Waals surface area contributed by atoms with Crippen LogP contribution in [-0.2, 0) is 10.4 Å². The lowest BCUT2D eigenvalue weighted by Gasteiger charge is -2.12. The Kier molecular flexibility index (Phi) is 11.4. The van der Waals surface area contributed by atoms with Crippen molar-refractivity contribution in [2.45, 2.75) is 41.5 Å². The first-order chi connectivity index (χ1) is 7.12. The van der Waals surface area contributed by atoms with Crippen molar-refractivity contribution in [3.05, 3.63) is 0 Å². The molecule has 0 bridgehead atoms. The second kappa shape index (κ2) is 8.82. The number of rotatable bonds is 0. The van der Waals surface area contributed by atoms with Gasteiger partial charge in [0.05, 0.1) is 0 Å². The molecule has 0 spiro atoms. The van der Waals surface area contributed by atoms with Crippen LogP contribution in [0.3, 0.4) is 0 Å². The fourth-order valence-corrected chi connectivity index (χ4v) is 0. The van der Waals surface area contributed by atoms with Gasteiger partial charge in [-0.2, -0.15) is 8.42 Å². The molecular formula is C10H28N2O4S. The first kappa shape index (κ1) is 22.0. The highest BCUT2D eigenvalue weighted by molar-refractivity contribution is 7.79. The van der Waals surface area contributed by atoms with E-state index in [9.17, 15) is 0 Å². The topological polar surface area (TPSA) is 127 Å². The molecule has 7 heteroatoms. The zero-order valence-electron chi connectivity index (χ0n) is 11.7. The van der Waals surface area contributed by atoms with Crippen molar-refractivity contribution in [2.75, 3.05) is 13.1 Å². The van der Waals surface area contributed by atoms with E-state index in [0.29, 0.717) is 10.8 Å². The summed E-state index contributed by atoms with van der Waals surface area (Å²) in [5.41, 5.74) is 11.2. The molecule has 6 nitrogen and oxygen atoms in total. The summed E-state index contributed by atoms with van der Waals surface area (Å²) in [6.45, 7) is 14.2. The van der Waals surface area contributed by atoms with Crippen molar-refractivity contribution in [3.63, 3.8) is 0 Å². The molecule has 0 aliphatic rings. The van der Waals surface area contributed by atoms with Gasteiger partial charge in [-0.1, -0.05) is 41.5 Å². The minimum Gasteiger partial charge on any atom is -0.330 e. The van der Waals surface area contributed by atoms with Crippen molar-refractivity contribution in [2.24, 2.45) is 22.3 Å². The Bertz CT molecular complexity index is 241. The monoisotopic (exact) mass is 272 g/mol. The van der Waals surface area contributed by atoms with E-state index in [2.05, 4.69) is 41.5 Å². The standard InChI is InChI=1S/2C5H13N.H2O4S/c2*1-5(2,3)4-6;1-5(2,3)4/h2*4,6H2,1-3H3;(H2,1,2,3,4). The fraction of sp³-hybridized carbons (Fsp3) is 1.00. The second-order valence-electron chi connectivity index (χ2n) is 5.98. The van der Waals surface area contributed by atoms with Gasteiger partial charge in [0.25, 0.3) is 0 Å². The molecule has 0 aliphatic heterocycles. The summed E-state index contributed by atoms with van der Waals surface area (Å²) >= 11 is 0. The van der Waals surface area contributed by atoms with Crippen LogP contribution >= 0.6 is 0 Å². The van der Waals surface area contributed by atoms with Gasteiger partial charge in [-0.15, -0.1) is 0 Å². The number of nitrogens with two attached hydrogens (primary N) is 2. The summed E-state index contributed by atoms with van der Waals surface area (Å²) in [5, 5.41) is 0. The summed E-state index contributed by atoms with van der Waals surface area (Å²) in [6, 6.07) is 0. The zero-order valence-corrected chi connectivity index (χ0v) is 12.5. The predicted octanol–water partition coefficient (Wildman–Crippen LogP) is 1.33. The fourth-order valence-electron chi connectivity index (χ4n) is 0. The number of hydrogen-bond acceptors (Lipinski definition) is 4. The quantitative estimate of drug-likeness (QED) is 0.493. The maximum atomic E-state index is 8.74. The lowest BCUT2D eigenvalue weighted by Crippen LogP contribution is -2.18. The smallest absolute Gasteiger partial charge is 0.330 e. The van der Waals surface area contributed by atoms with Crippen molar-refractivity contribution in [1.82, 2.24) is 0 Å². The third kappa shape index (κ3) is 89.6. The third-order valence-electron chi connectivity index (χ3n) is 1.22. The van der Waals surface area contributed by atoms with Crippen LogP contribution in [0.5, 0.6) is 0 Å². The van der Waals surface area contributed by atoms with E-state index in [0.717, 1.165) is 13.1 Å². The molecule has 0 aromatic heterocycles. The molecule has 0 aromatic carbocycles. The van der Waals surface area contributed by atoms with Gasteiger partial charge in [-0.25, -0.2) is 0 Å². The normalized spacial score (nSPS) is 11.9. The Morgan fingerprint density at radius 3 is 0.882 bits per heavy atom. The highest BCUT2D eigenvalue weighted by Crippen LogP contribution is 2.08. The Balaban J connectivity index is -0.000000174. The molecule has 0 aliphatic carbocycles. The van der Waals surface area contributed by atoms with Gasteiger partial charge in [0, 0.05) is 0 Å². The van der Waals surface area contributed by atoms with Crippen molar-refractivity contribution in [1.29, 1.82) is 0 Å². The van der Waals surface area contributed by atoms with Crippen LogP contribution in [0.4, 0.5) is 0 Å². The van der Waals surface area contributed by atoms with Crippen molar-refractivity contribution >= 4 is 10.4 Å². The highest BCUT2D eigenvalue weighted by atomic mass is 32.3. The van der Waals surface area contributed by atoms with Crippen LogP contribution in [0.2, 0.25) is 0 Å². The van der Waals surface area contributed by atoms with Gasteiger partial charge in [0.15, 0.2) is 0 Å². The Labute approximate surface area is 105 Å². The molecule has 0 radical (unpaired) electrons. The second-order valence-corrected chi connectivity index (χ2v) is 6.87. The Morgan fingerprint density at radius 2 is 0.882 bits per heavy atom. The van der Waals surface area contributed by atoms with Crippen LogP contribution in [-0.4, -0.2) is 30.6 Å². The first-order valence-corrected chi connectivity index (χ1v) is 6.62. The van der Waals surface area contributed by atoms with E-state index in [4.69, 9.17) is 29.0 Å². The van der Waals surface area contributed by atoms with Crippen LogP contribution in [0.1, 0.15) is 41.5 Å². The van der Waals surface area contributed by atoms with E-state index in [-0.39, 0.29) is 0 Å². The summed E-state index contributed by atoms with van der Waals surface area (Å²) in [6.07, 6.45) is 0. The molecule has 17 heavy (non-hydrogen) atoms. The Hall–Kier alpha value is -0.210. The zero-order chi connectivity index (χ0) is 14.9. The van der Waals surface area contributed by atoms with Crippen molar-refractivity contribution in [3.8, 4) is 0 Å². The Morgan fingerprint density at radius 1 is 0.824 bits per heavy atom. The predicted molar refractivity (Wildman–Crippen MR) is 71.2 cm³/mol. The van der Waals surface area contributed by atoms with E-state index in [1.165, 1.54) is 0 Å². The minimum atomic E-state index is -4.67. The maximum absolute atomic E-state index is 8.74. The van der Waals surface area contributed by atoms with Crippen LogP contribution in [0.25, 0.3) is 0 Å². The molecule has 0 fully saturated rings. The van der Waals surface area contributed by atoms with Crippen LogP contribution < -0.4 is 11.5 Å². The van der Waals surface area contributed by atoms with E-state index in [1.54, 1.807) is 0 Å². The first-order valence-electron chi connectivity index (χ1n) is 5.22. The summed E-state index contributed by atoms with van der Waals surface area (Å²) in [5.74, 6) is 0. The third-order valence-corrected chi connectivity index (χ3v) is 1.22. The van der Waals surface area contributed by atoms with Gasteiger partial charge in [0.1, 0.15) is 0 Å². The van der Waals surface area contributed by atoms with Gasteiger partial charge in [0.2, 0.25) is 0 Å². The molecular weight excluding hydrogens is 244 g/mol. The molecule has 0 unspecified atom stereocenters. The molecule has 0 amide bonds. The van der Waals surface area contributed by atoms with E-state index < -0.39 is 10.4 Å². The minimum absolute atomic E-state index is 0.319. The average Bonchev–Trinajstić information content (AvgIpc) is 2.00. The lowest BCUT2D eigenvalue weighted by molar-refractivity contribution is 0.381. The van der Waals surface area contributed by atoms with E-state index in [1.807, 2.05) is 0 Å². The van der Waals surface area contributed by atoms with Crippen LogP contribution in [0, 0.1) is 10.8 Å². The van der Waals surface area contributed by atoms with Gasteiger partial charge in [-0.3, -0.25) is 9.11 Å². The summed E-state index contributed by atoms with van der Waals surface area (Å²) < 4.78 is 31.6. The average molecular weight is 272 g/mol. The summed E-state index contributed by atoms with van der Waals surface area (Å²) in [4.78, 5) is 0. The van der Waals surface area contributed by atoms with Crippen molar-refractivity contribution < 1.29 is 17.5 Å². The lowest BCUT2D eigenvalue weighted by atomic mass is 9.98. The summed E-state index contributed by atoms with van der Waals surface area (Å²) in [7, 11) is -4.67. The molecule has 0 saturated heterocycles. The SMILES string of the molecule is CC(C)(C)CN.CC(C)(C)CN.O=S(=O)(O)O. The molecule has 0 atom stereocenters. The maximum Gasteiger partial charge on any atom is 0.394 e. The molecule has 0 rings (SSSR count). The van der Waals surface area contributed by atoms with Crippen LogP contribution in [0.15, 0.2) is 0 Å². The largest absolute Gasteiger partial charge is 0.394 e. The highest BCUT2D eigenvalue weighted by Gasteiger charge is 2.04. The van der Waals surface area contributed by atoms with Gasteiger partial charge < -0.3 is 11.5 Å². The molecule has 0 aromatic rings. The van der Waals surface area contributed by atoms with Gasteiger partial charge in [-0.05, 0) is 23.9 Å². The molecule has 0 heterocycles. The molecule has 6 N–H and O–H groups in total. The van der Waals surface area contributed by atoms with E-state index >= 15 is 0 Å². The molecule has 108 valence electrons. The number of hydrogen-bond donors (Lipinski definition) is 4.